The Kier molecular flexibility index (Phi) is 5.57. The minimum Gasteiger partial charge on any atom is -0.493 e. The Morgan fingerprint density at radius 2 is 1.62 bits per heavy atom. The number of methoxy groups -OCH3 is 3. The smallest absolute Gasteiger partial charge is 0.252 e. The first-order valence-corrected chi connectivity index (χ1v) is 8.81. The van der Waals surface area contributed by atoms with Crippen molar-refractivity contribution < 1.29 is 19.0 Å². The Labute approximate surface area is 158 Å². The van der Waals surface area contributed by atoms with E-state index in [1.807, 2.05) is 24.3 Å². The fourth-order valence-electron chi connectivity index (χ4n) is 3.01. The fraction of sp³-hybridized carbons (Fsp3) is 0.350. The zero-order chi connectivity index (χ0) is 18.7. The maximum atomic E-state index is 12.9. The number of carbonyl (C=O) groups is 1. The summed E-state index contributed by atoms with van der Waals surface area (Å²) in [6.07, 6.45) is 2.20. The van der Waals surface area contributed by atoms with Crippen molar-refractivity contribution in [2.75, 3.05) is 21.3 Å². The summed E-state index contributed by atoms with van der Waals surface area (Å²) in [5.41, 5.74) is 1.51. The zero-order valence-electron chi connectivity index (χ0n) is 15.0. The number of hydrogen-bond donors (Lipinski definition) is 1. The molecule has 6 heteroatoms. The molecule has 0 heterocycles. The fourth-order valence-corrected chi connectivity index (χ4v) is 3.14. The quantitative estimate of drug-likeness (QED) is 0.786. The molecular formula is C20H22ClNO4. The maximum absolute atomic E-state index is 12.9. The van der Waals surface area contributed by atoms with Crippen LogP contribution in [0.1, 0.15) is 34.8 Å². The maximum Gasteiger partial charge on any atom is 0.252 e. The number of halogens is 1. The molecule has 1 fully saturated rings. The topological polar surface area (TPSA) is 56.8 Å². The predicted octanol–water partition coefficient (Wildman–Crippen LogP) is 4.25. The van der Waals surface area contributed by atoms with Crippen molar-refractivity contribution in [3.05, 3.63) is 52.5 Å². The minimum atomic E-state index is -0.184. The number of ether oxygens (including phenoxy) is 3. The van der Waals surface area contributed by atoms with Crippen molar-refractivity contribution in [1.29, 1.82) is 0 Å². The lowest BCUT2D eigenvalue weighted by molar-refractivity contribution is 0.0931. The van der Waals surface area contributed by atoms with Crippen molar-refractivity contribution in [2.24, 2.45) is 5.92 Å². The summed E-state index contributed by atoms with van der Waals surface area (Å²) < 4.78 is 16.0. The van der Waals surface area contributed by atoms with Crippen molar-refractivity contribution >= 4 is 17.5 Å². The van der Waals surface area contributed by atoms with Gasteiger partial charge >= 0.3 is 0 Å². The van der Waals surface area contributed by atoms with E-state index >= 15 is 0 Å². The molecule has 1 atom stereocenters. The molecular weight excluding hydrogens is 354 g/mol. The average molecular weight is 376 g/mol. The van der Waals surface area contributed by atoms with Crippen LogP contribution in [0.3, 0.4) is 0 Å². The molecule has 0 saturated heterocycles. The third-order valence-corrected chi connectivity index (χ3v) is 4.79. The van der Waals surface area contributed by atoms with Crippen LogP contribution in [0.5, 0.6) is 17.2 Å². The molecule has 2 aromatic carbocycles. The zero-order valence-corrected chi connectivity index (χ0v) is 15.8. The summed E-state index contributed by atoms with van der Waals surface area (Å²) in [6, 6.07) is 10.9. The van der Waals surface area contributed by atoms with Crippen molar-refractivity contribution in [2.45, 2.75) is 18.9 Å². The highest BCUT2D eigenvalue weighted by Crippen LogP contribution is 2.42. The summed E-state index contributed by atoms with van der Waals surface area (Å²) >= 11 is 5.98. The van der Waals surface area contributed by atoms with E-state index in [1.165, 1.54) is 21.3 Å². The summed E-state index contributed by atoms with van der Waals surface area (Å²) in [7, 11) is 4.59. The van der Waals surface area contributed by atoms with Gasteiger partial charge in [0.2, 0.25) is 5.75 Å². The van der Waals surface area contributed by atoms with Crippen LogP contribution in [0.15, 0.2) is 36.4 Å². The first-order valence-electron chi connectivity index (χ1n) is 8.43. The minimum absolute atomic E-state index is 0.0427. The van der Waals surface area contributed by atoms with Gasteiger partial charge in [-0.25, -0.2) is 0 Å². The molecule has 2 aromatic rings. The molecule has 0 bridgehead atoms. The van der Waals surface area contributed by atoms with Crippen molar-refractivity contribution in [3.8, 4) is 17.2 Å². The van der Waals surface area contributed by atoms with Crippen LogP contribution in [-0.2, 0) is 0 Å². The second kappa shape index (κ2) is 7.87. The molecule has 0 spiro atoms. The van der Waals surface area contributed by atoms with E-state index in [0.717, 1.165) is 18.4 Å². The number of carbonyl (C=O) groups excluding carboxylic acids is 1. The molecule has 0 radical (unpaired) electrons. The molecule has 1 amide bonds. The summed E-state index contributed by atoms with van der Waals surface area (Å²) in [4.78, 5) is 12.9. The van der Waals surface area contributed by atoms with Crippen LogP contribution in [0.4, 0.5) is 0 Å². The van der Waals surface area contributed by atoms with Gasteiger partial charge in [0.1, 0.15) is 0 Å². The Bertz CT molecular complexity index is 762. The highest BCUT2D eigenvalue weighted by atomic mass is 35.5. The average Bonchev–Trinajstić information content (AvgIpc) is 3.50. The molecule has 1 aliphatic carbocycles. The van der Waals surface area contributed by atoms with Crippen LogP contribution in [0, 0.1) is 5.92 Å². The standard InChI is InChI=1S/C20H22ClNO4/c1-24-16-10-14(11-17(25-2)19(16)26-3)20(23)22-18(12-4-5-12)13-6-8-15(21)9-7-13/h6-12,18H,4-5H2,1-3H3,(H,22,23)/t18-/m0/s1. The number of hydrogen-bond acceptors (Lipinski definition) is 4. The lowest BCUT2D eigenvalue weighted by atomic mass is 10.0. The summed E-state index contributed by atoms with van der Waals surface area (Å²) in [6.45, 7) is 0. The highest BCUT2D eigenvalue weighted by molar-refractivity contribution is 6.30. The molecule has 0 unspecified atom stereocenters. The van der Waals surface area contributed by atoms with E-state index in [2.05, 4.69) is 5.32 Å². The van der Waals surface area contributed by atoms with Crippen LogP contribution in [0.25, 0.3) is 0 Å². The first kappa shape index (κ1) is 18.4. The summed E-state index contributed by atoms with van der Waals surface area (Å²) in [5, 5.41) is 3.82. The lowest BCUT2D eigenvalue weighted by Crippen LogP contribution is -2.30. The van der Waals surface area contributed by atoms with Gasteiger partial charge in [-0.2, -0.15) is 0 Å². The Balaban J connectivity index is 1.87. The van der Waals surface area contributed by atoms with Gasteiger partial charge in [-0.15, -0.1) is 0 Å². The van der Waals surface area contributed by atoms with Crippen LogP contribution >= 0.6 is 11.6 Å². The summed E-state index contributed by atoms with van der Waals surface area (Å²) in [5.74, 6) is 1.62. The van der Waals surface area contributed by atoms with Gasteiger partial charge < -0.3 is 19.5 Å². The molecule has 1 N–H and O–H groups in total. The second-order valence-corrected chi connectivity index (χ2v) is 6.69. The Morgan fingerprint density at radius 1 is 1.04 bits per heavy atom. The highest BCUT2D eigenvalue weighted by Gasteiger charge is 2.33. The van der Waals surface area contributed by atoms with E-state index in [-0.39, 0.29) is 11.9 Å². The van der Waals surface area contributed by atoms with E-state index in [9.17, 15) is 4.79 Å². The van der Waals surface area contributed by atoms with Gasteiger partial charge in [0.15, 0.2) is 11.5 Å². The number of rotatable bonds is 7. The van der Waals surface area contributed by atoms with Gasteiger partial charge in [-0.1, -0.05) is 23.7 Å². The molecule has 1 saturated carbocycles. The number of benzene rings is 2. The van der Waals surface area contributed by atoms with Crippen molar-refractivity contribution in [3.63, 3.8) is 0 Å². The van der Waals surface area contributed by atoms with E-state index in [1.54, 1.807) is 12.1 Å². The third kappa shape index (κ3) is 3.88. The molecule has 0 aromatic heterocycles. The van der Waals surface area contributed by atoms with Gasteiger partial charge in [0.25, 0.3) is 5.91 Å². The van der Waals surface area contributed by atoms with Crippen LogP contribution in [0.2, 0.25) is 5.02 Å². The largest absolute Gasteiger partial charge is 0.493 e. The molecule has 0 aliphatic heterocycles. The van der Waals surface area contributed by atoms with Crippen molar-refractivity contribution in [1.82, 2.24) is 5.32 Å². The van der Waals surface area contributed by atoms with Crippen LogP contribution in [-0.4, -0.2) is 27.2 Å². The second-order valence-electron chi connectivity index (χ2n) is 6.25. The lowest BCUT2D eigenvalue weighted by Gasteiger charge is -2.20. The molecule has 5 nitrogen and oxygen atoms in total. The van der Waals surface area contributed by atoms with E-state index in [0.29, 0.717) is 33.8 Å². The normalized spacial score (nSPS) is 14.5. The van der Waals surface area contributed by atoms with Gasteiger partial charge in [0, 0.05) is 10.6 Å². The molecule has 138 valence electrons. The predicted molar refractivity (Wildman–Crippen MR) is 100 cm³/mol. The molecule has 3 rings (SSSR count). The monoisotopic (exact) mass is 375 g/mol. The SMILES string of the molecule is COc1cc(C(=O)N[C@H](c2ccc(Cl)cc2)C2CC2)cc(OC)c1OC. The van der Waals surface area contributed by atoms with Gasteiger partial charge in [-0.3, -0.25) is 4.79 Å². The van der Waals surface area contributed by atoms with E-state index in [4.69, 9.17) is 25.8 Å². The van der Waals surface area contributed by atoms with Crippen LogP contribution < -0.4 is 19.5 Å². The Hall–Kier alpha value is -2.40. The van der Waals surface area contributed by atoms with E-state index < -0.39 is 0 Å². The van der Waals surface area contributed by atoms with Gasteiger partial charge in [-0.05, 0) is 48.6 Å². The van der Waals surface area contributed by atoms with Gasteiger partial charge in [0.05, 0.1) is 27.4 Å². The first-order chi connectivity index (χ1) is 12.6. The third-order valence-electron chi connectivity index (χ3n) is 4.54. The molecule has 26 heavy (non-hydrogen) atoms. The number of nitrogens with one attached hydrogen (secondary N) is 1. The molecule has 1 aliphatic rings. The Morgan fingerprint density at radius 3 is 2.08 bits per heavy atom. The number of amides is 1.